The second-order valence-electron chi connectivity index (χ2n) is 6.27. The van der Waals surface area contributed by atoms with Crippen molar-refractivity contribution in [1.82, 2.24) is 14.5 Å². The van der Waals surface area contributed by atoms with E-state index in [2.05, 4.69) is 15.3 Å². The first-order chi connectivity index (χ1) is 14.3. The number of H-pyrrole nitrogens is 1. The molecule has 1 aromatic carbocycles. The van der Waals surface area contributed by atoms with Crippen molar-refractivity contribution in [3.8, 4) is 5.69 Å². The number of nitrogens with two attached hydrogens (primary N) is 1. The summed E-state index contributed by atoms with van der Waals surface area (Å²) in [6.45, 7) is 1.75. The Balaban J connectivity index is 1.64. The molecule has 0 saturated heterocycles. The minimum Gasteiger partial charge on any atom is -0.364 e. The van der Waals surface area contributed by atoms with Gasteiger partial charge in [0.25, 0.3) is 11.5 Å². The highest BCUT2D eigenvalue weighted by molar-refractivity contribution is 7.99. The van der Waals surface area contributed by atoms with E-state index in [0.717, 1.165) is 11.3 Å². The summed E-state index contributed by atoms with van der Waals surface area (Å²) in [6.07, 6.45) is 0.794. The first-order valence-electron chi connectivity index (χ1n) is 8.97. The number of benzene rings is 1. The van der Waals surface area contributed by atoms with Gasteiger partial charge in [-0.25, -0.2) is 4.98 Å². The van der Waals surface area contributed by atoms with Gasteiger partial charge in [0, 0.05) is 29.6 Å². The summed E-state index contributed by atoms with van der Waals surface area (Å²) >= 11 is 7.87. The van der Waals surface area contributed by atoms with Crippen LogP contribution in [0.5, 0.6) is 0 Å². The number of primary amides is 1. The Bertz CT molecular complexity index is 1180. The lowest BCUT2D eigenvalue weighted by Crippen LogP contribution is -2.20. The monoisotopic (exact) mass is 461 g/mol. The standard InChI is InChI=1S/C19H19N5O3S3/c1-11-10-14(26)23-18(21-11)29-9-5-8-13(25)22-17-15(16(20)27)24(19(28)30-17)12-6-3-2-4-7-12/h2-4,6-7,10H,5,8-9H2,1H3,(H2,20,27)(H,22,25)(H,21,23,26). The fourth-order valence-corrected chi connectivity index (χ4v) is 4.93. The van der Waals surface area contributed by atoms with Crippen LogP contribution >= 0.6 is 35.3 Å². The van der Waals surface area contributed by atoms with E-state index in [1.54, 1.807) is 23.6 Å². The zero-order valence-corrected chi connectivity index (χ0v) is 18.5. The number of nitrogens with zero attached hydrogens (tertiary/aromatic N) is 2. The summed E-state index contributed by atoms with van der Waals surface area (Å²) in [4.78, 5) is 42.8. The molecule has 11 heteroatoms. The second kappa shape index (κ2) is 9.83. The number of carbonyl (C=O) groups excluding carboxylic acids is 2. The molecule has 0 aliphatic rings. The van der Waals surface area contributed by atoms with Crippen LogP contribution in [0.25, 0.3) is 5.69 Å². The highest BCUT2D eigenvalue weighted by atomic mass is 32.2. The summed E-state index contributed by atoms with van der Waals surface area (Å²) in [5.74, 6) is -0.324. The number of amides is 2. The zero-order valence-electron chi connectivity index (χ0n) is 16.0. The summed E-state index contributed by atoms with van der Waals surface area (Å²) in [7, 11) is 0. The van der Waals surface area contributed by atoms with Crippen LogP contribution < -0.4 is 16.6 Å². The van der Waals surface area contributed by atoms with Crippen LogP contribution in [0, 0.1) is 10.9 Å². The summed E-state index contributed by atoms with van der Waals surface area (Å²) in [6, 6.07) is 10.5. The smallest absolute Gasteiger partial charge is 0.268 e. The predicted octanol–water partition coefficient (Wildman–Crippen LogP) is 3.27. The zero-order chi connectivity index (χ0) is 21.7. The fraction of sp³-hybridized carbons (Fsp3) is 0.211. The second-order valence-corrected chi connectivity index (χ2v) is 9.00. The summed E-state index contributed by atoms with van der Waals surface area (Å²) in [5.41, 5.74) is 6.85. The number of para-hydroxylation sites is 1. The molecule has 0 fully saturated rings. The Morgan fingerprint density at radius 3 is 2.73 bits per heavy atom. The largest absolute Gasteiger partial charge is 0.364 e. The van der Waals surface area contributed by atoms with Crippen molar-refractivity contribution in [3.05, 3.63) is 62.1 Å². The molecule has 2 aromatic heterocycles. The van der Waals surface area contributed by atoms with Crippen LogP contribution in [-0.4, -0.2) is 32.1 Å². The minimum absolute atomic E-state index is 0.153. The van der Waals surface area contributed by atoms with Crippen LogP contribution in [0.3, 0.4) is 0 Å². The van der Waals surface area contributed by atoms with E-state index < -0.39 is 5.91 Å². The van der Waals surface area contributed by atoms with E-state index in [9.17, 15) is 14.4 Å². The van der Waals surface area contributed by atoms with Gasteiger partial charge in [0.1, 0.15) is 10.7 Å². The van der Waals surface area contributed by atoms with Crippen LogP contribution in [0.4, 0.5) is 5.00 Å². The molecule has 2 heterocycles. The van der Waals surface area contributed by atoms with Crippen molar-refractivity contribution < 1.29 is 9.59 Å². The summed E-state index contributed by atoms with van der Waals surface area (Å²) < 4.78 is 1.98. The van der Waals surface area contributed by atoms with Gasteiger partial charge in [0.05, 0.1) is 0 Å². The quantitative estimate of drug-likeness (QED) is 0.205. The SMILES string of the molecule is Cc1cc(=O)[nH]c(SCCCC(=O)Nc2sc(=S)n(-c3ccccc3)c2C(N)=O)n1. The third-order valence-corrected chi connectivity index (χ3v) is 6.20. The van der Waals surface area contributed by atoms with Gasteiger partial charge < -0.3 is 16.0 Å². The number of aryl methyl sites for hydroxylation is 1. The first kappa shape index (κ1) is 21.9. The van der Waals surface area contributed by atoms with Crippen LogP contribution in [-0.2, 0) is 4.79 Å². The van der Waals surface area contributed by atoms with E-state index in [4.69, 9.17) is 18.0 Å². The number of aromatic nitrogens is 3. The molecule has 0 bridgehead atoms. The van der Waals surface area contributed by atoms with E-state index in [-0.39, 0.29) is 23.6 Å². The molecule has 0 atom stereocenters. The topological polar surface area (TPSA) is 123 Å². The molecule has 3 rings (SSSR count). The van der Waals surface area contributed by atoms with Gasteiger partial charge in [0.2, 0.25) is 5.91 Å². The average Bonchev–Trinajstić information content (AvgIpc) is 3.01. The molecule has 0 spiro atoms. The van der Waals surface area contributed by atoms with Crippen molar-refractivity contribution in [2.75, 3.05) is 11.1 Å². The van der Waals surface area contributed by atoms with Gasteiger partial charge in [-0.05, 0) is 37.7 Å². The van der Waals surface area contributed by atoms with Crippen LogP contribution in [0.15, 0.2) is 46.3 Å². The Labute approximate surface area is 185 Å². The van der Waals surface area contributed by atoms with Gasteiger partial charge in [0.15, 0.2) is 9.11 Å². The Hall–Kier alpha value is -2.76. The van der Waals surface area contributed by atoms with Crippen molar-refractivity contribution in [3.63, 3.8) is 0 Å². The van der Waals surface area contributed by atoms with Gasteiger partial charge in [-0.15, -0.1) is 0 Å². The molecule has 30 heavy (non-hydrogen) atoms. The molecule has 2 amide bonds. The third-order valence-electron chi connectivity index (χ3n) is 3.95. The average molecular weight is 462 g/mol. The maximum Gasteiger partial charge on any atom is 0.268 e. The van der Waals surface area contributed by atoms with Gasteiger partial charge >= 0.3 is 0 Å². The molecular weight excluding hydrogens is 442 g/mol. The molecule has 0 aliphatic heterocycles. The molecule has 0 radical (unpaired) electrons. The molecular formula is C19H19N5O3S3. The molecule has 0 saturated carbocycles. The highest BCUT2D eigenvalue weighted by Gasteiger charge is 2.20. The van der Waals surface area contributed by atoms with E-state index in [1.807, 2.05) is 18.2 Å². The van der Waals surface area contributed by atoms with Gasteiger partial charge in [-0.1, -0.05) is 41.3 Å². The third kappa shape index (κ3) is 5.43. The number of carbonyl (C=O) groups is 2. The van der Waals surface area contributed by atoms with E-state index >= 15 is 0 Å². The maximum absolute atomic E-state index is 12.4. The molecule has 8 nitrogen and oxygen atoms in total. The lowest BCUT2D eigenvalue weighted by molar-refractivity contribution is -0.116. The van der Waals surface area contributed by atoms with Crippen molar-refractivity contribution in [1.29, 1.82) is 0 Å². The Morgan fingerprint density at radius 1 is 1.33 bits per heavy atom. The number of hydrogen-bond donors (Lipinski definition) is 3. The highest BCUT2D eigenvalue weighted by Crippen LogP contribution is 2.29. The molecule has 156 valence electrons. The molecule has 0 unspecified atom stereocenters. The minimum atomic E-state index is -0.675. The van der Waals surface area contributed by atoms with Crippen molar-refractivity contribution >= 4 is 52.1 Å². The fourth-order valence-electron chi connectivity index (χ4n) is 2.70. The first-order valence-corrected chi connectivity index (χ1v) is 11.2. The lowest BCUT2D eigenvalue weighted by atomic mass is 10.3. The van der Waals surface area contributed by atoms with Gasteiger partial charge in [-0.2, -0.15) is 0 Å². The van der Waals surface area contributed by atoms with Crippen molar-refractivity contribution in [2.45, 2.75) is 24.9 Å². The number of hydrogen-bond acceptors (Lipinski definition) is 7. The molecule has 0 aliphatic carbocycles. The number of thiazole rings is 1. The number of anilines is 1. The summed E-state index contributed by atoms with van der Waals surface area (Å²) in [5, 5.41) is 3.60. The Kier molecular flexibility index (Phi) is 7.19. The predicted molar refractivity (Wildman–Crippen MR) is 121 cm³/mol. The number of nitrogens with one attached hydrogen (secondary N) is 2. The van der Waals surface area contributed by atoms with Crippen LogP contribution in [0.1, 0.15) is 29.0 Å². The number of rotatable bonds is 8. The normalized spacial score (nSPS) is 10.7. The van der Waals surface area contributed by atoms with E-state index in [0.29, 0.717) is 37.7 Å². The maximum atomic E-state index is 12.4. The van der Waals surface area contributed by atoms with E-state index in [1.165, 1.54) is 17.8 Å². The Morgan fingerprint density at radius 2 is 2.07 bits per heavy atom. The number of aromatic amines is 1. The molecule has 4 N–H and O–H groups in total. The molecule has 3 aromatic rings. The lowest BCUT2D eigenvalue weighted by Gasteiger charge is -2.08. The number of thioether (sulfide) groups is 1. The van der Waals surface area contributed by atoms with Crippen molar-refractivity contribution in [2.24, 2.45) is 5.73 Å². The van der Waals surface area contributed by atoms with Crippen LogP contribution in [0.2, 0.25) is 0 Å². The van der Waals surface area contributed by atoms with Gasteiger partial charge in [-0.3, -0.25) is 19.0 Å².